The maximum Gasteiger partial charge on any atom is 0.210 e. The fraction of sp³-hybridized carbons (Fsp3) is 0.562. The maximum absolute atomic E-state index is 4.19. The Morgan fingerprint density at radius 2 is 1.82 bits per heavy atom. The summed E-state index contributed by atoms with van der Waals surface area (Å²) in [4.78, 5) is 0. The quantitative estimate of drug-likeness (QED) is 0.553. The standard InChI is InChI=1S/C14H20N.C2H6/c1-10-7-6-8-15-13(10)12(3)11(2)9-14(15,4)5;1-2/h9H,1,3,6-8H2,2,4-5H3;1-2H3/q+1;. The molecule has 2 heterocycles. The first-order chi connectivity index (χ1) is 7.93. The van der Waals surface area contributed by atoms with E-state index in [1.165, 1.54) is 28.9 Å². The van der Waals surface area contributed by atoms with Gasteiger partial charge in [-0.1, -0.05) is 27.0 Å². The summed E-state index contributed by atoms with van der Waals surface area (Å²) in [6.07, 6.45) is 4.65. The van der Waals surface area contributed by atoms with Crippen molar-refractivity contribution in [3.8, 4) is 0 Å². The molecule has 2 aliphatic rings. The van der Waals surface area contributed by atoms with E-state index in [2.05, 4.69) is 44.6 Å². The van der Waals surface area contributed by atoms with Crippen LogP contribution >= 0.6 is 0 Å². The van der Waals surface area contributed by atoms with Gasteiger partial charge in [0.1, 0.15) is 6.54 Å². The van der Waals surface area contributed by atoms with E-state index in [9.17, 15) is 0 Å². The predicted molar refractivity (Wildman–Crippen MR) is 76.8 cm³/mol. The Morgan fingerprint density at radius 3 is 2.41 bits per heavy atom. The number of rotatable bonds is 0. The Labute approximate surface area is 106 Å². The van der Waals surface area contributed by atoms with Gasteiger partial charge in [-0.3, -0.25) is 0 Å². The molecular weight excluding hydrogens is 206 g/mol. The molecule has 0 unspecified atom stereocenters. The smallest absolute Gasteiger partial charge is 0.210 e. The average Bonchev–Trinajstić information content (AvgIpc) is 2.28. The minimum absolute atomic E-state index is 0.115. The third-order valence-electron chi connectivity index (χ3n) is 3.49. The van der Waals surface area contributed by atoms with Gasteiger partial charge in [0.2, 0.25) is 5.71 Å². The van der Waals surface area contributed by atoms with E-state index in [-0.39, 0.29) is 5.54 Å². The summed E-state index contributed by atoms with van der Waals surface area (Å²) in [5.41, 5.74) is 5.13. The molecule has 0 saturated carbocycles. The monoisotopic (exact) mass is 232 g/mol. The summed E-state index contributed by atoms with van der Waals surface area (Å²) < 4.78 is 2.45. The summed E-state index contributed by atoms with van der Waals surface area (Å²) in [6, 6.07) is 0. The Bertz CT molecular complexity index is 405. The summed E-state index contributed by atoms with van der Waals surface area (Å²) in [6.45, 7) is 20.2. The lowest BCUT2D eigenvalue weighted by Gasteiger charge is -2.31. The molecule has 0 aliphatic carbocycles. The van der Waals surface area contributed by atoms with Crippen LogP contribution in [0.2, 0.25) is 0 Å². The van der Waals surface area contributed by atoms with Crippen molar-refractivity contribution in [1.29, 1.82) is 0 Å². The maximum atomic E-state index is 4.19. The van der Waals surface area contributed by atoms with Crippen LogP contribution in [0, 0.1) is 0 Å². The van der Waals surface area contributed by atoms with Gasteiger partial charge < -0.3 is 0 Å². The lowest BCUT2D eigenvalue weighted by atomic mass is 9.84. The molecule has 0 N–H and O–H groups in total. The minimum Gasteiger partial charge on any atom is -0.221 e. The van der Waals surface area contributed by atoms with Crippen LogP contribution in [0.5, 0.6) is 0 Å². The van der Waals surface area contributed by atoms with E-state index in [1.807, 2.05) is 13.8 Å². The molecule has 17 heavy (non-hydrogen) atoms. The predicted octanol–water partition coefficient (Wildman–Crippen LogP) is 4.11. The van der Waals surface area contributed by atoms with E-state index < -0.39 is 0 Å². The minimum atomic E-state index is 0.115. The van der Waals surface area contributed by atoms with Gasteiger partial charge in [-0.15, -0.1) is 0 Å². The molecule has 0 spiro atoms. The molecule has 1 heteroatoms. The van der Waals surface area contributed by atoms with Crippen LogP contribution in [0.4, 0.5) is 0 Å². The van der Waals surface area contributed by atoms with Gasteiger partial charge >= 0.3 is 0 Å². The van der Waals surface area contributed by atoms with Crippen molar-refractivity contribution in [2.75, 3.05) is 6.54 Å². The van der Waals surface area contributed by atoms with Crippen molar-refractivity contribution >= 4 is 5.71 Å². The van der Waals surface area contributed by atoms with Gasteiger partial charge in [0.05, 0.1) is 0 Å². The van der Waals surface area contributed by atoms with E-state index in [1.54, 1.807) is 0 Å². The highest BCUT2D eigenvalue weighted by molar-refractivity contribution is 6.11. The lowest BCUT2D eigenvalue weighted by molar-refractivity contribution is -0.590. The van der Waals surface area contributed by atoms with E-state index in [0.29, 0.717) is 0 Å². The van der Waals surface area contributed by atoms with Gasteiger partial charge in [0.25, 0.3) is 0 Å². The van der Waals surface area contributed by atoms with Crippen LogP contribution < -0.4 is 0 Å². The van der Waals surface area contributed by atoms with Gasteiger partial charge in [-0.05, 0) is 25.0 Å². The van der Waals surface area contributed by atoms with Gasteiger partial charge in [-0.25, -0.2) is 4.58 Å². The largest absolute Gasteiger partial charge is 0.221 e. The number of hydrogen-bond donors (Lipinski definition) is 0. The summed E-state index contributed by atoms with van der Waals surface area (Å²) in [5.74, 6) is 0. The number of hydrogen-bond acceptors (Lipinski definition) is 0. The van der Waals surface area contributed by atoms with Crippen molar-refractivity contribution < 1.29 is 4.58 Å². The second-order valence-corrected chi connectivity index (χ2v) is 5.17. The van der Waals surface area contributed by atoms with Gasteiger partial charge in [0, 0.05) is 31.4 Å². The number of allylic oxidation sites excluding steroid dienone is 3. The Balaban J connectivity index is 0.000000686. The second kappa shape index (κ2) is 5.03. The SMILES string of the molecule is C=C1CCC[N+]2=C1C(=C)C(C)=CC2(C)C.CC. The van der Waals surface area contributed by atoms with Crippen LogP contribution in [0.25, 0.3) is 0 Å². The highest BCUT2D eigenvalue weighted by Gasteiger charge is 2.39. The molecule has 0 saturated heterocycles. The zero-order valence-electron chi connectivity index (χ0n) is 12.1. The molecule has 0 amide bonds. The first-order valence-electron chi connectivity index (χ1n) is 6.65. The average molecular weight is 232 g/mol. The zero-order chi connectivity index (χ0) is 13.2. The summed E-state index contributed by atoms with van der Waals surface area (Å²) >= 11 is 0. The van der Waals surface area contributed by atoms with Crippen LogP contribution in [0.1, 0.15) is 47.5 Å². The molecule has 0 aromatic heterocycles. The fourth-order valence-electron chi connectivity index (χ4n) is 2.71. The van der Waals surface area contributed by atoms with E-state index >= 15 is 0 Å². The van der Waals surface area contributed by atoms with Crippen molar-refractivity contribution in [1.82, 2.24) is 0 Å². The van der Waals surface area contributed by atoms with Crippen molar-refractivity contribution in [2.45, 2.75) is 53.0 Å². The Morgan fingerprint density at radius 1 is 1.24 bits per heavy atom. The van der Waals surface area contributed by atoms with Crippen molar-refractivity contribution in [3.05, 3.63) is 36.0 Å². The molecule has 94 valence electrons. The fourth-order valence-corrected chi connectivity index (χ4v) is 2.71. The van der Waals surface area contributed by atoms with Crippen LogP contribution in [-0.2, 0) is 0 Å². The molecule has 0 aromatic rings. The number of nitrogens with zero attached hydrogens (tertiary/aromatic N) is 1. The highest BCUT2D eigenvalue weighted by atomic mass is 15.1. The van der Waals surface area contributed by atoms with Crippen LogP contribution in [0.3, 0.4) is 0 Å². The highest BCUT2D eigenvalue weighted by Crippen LogP contribution is 2.31. The molecule has 0 fully saturated rings. The van der Waals surface area contributed by atoms with Crippen LogP contribution in [-0.4, -0.2) is 22.4 Å². The third kappa shape index (κ3) is 2.43. The lowest BCUT2D eigenvalue weighted by Crippen LogP contribution is -2.45. The summed E-state index contributed by atoms with van der Waals surface area (Å²) in [5, 5.41) is 0. The molecule has 2 rings (SSSR count). The Hall–Kier alpha value is -1.11. The molecular formula is C16H26N+. The summed E-state index contributed by atoms with van der Waals surface area (Å²) in [7, 11) is 0. The molecule has 0 bridgehead atoms. The molecule has 0 aromatic carbocycles. The van der Waals surface area contributed by atoms with Crippen molar-refractivity contribution in [2.24, 2.45) is 0 Å². The zero-order valence-corrected chi connectivity index (χ0v) is 12.1. The van der Waals surface area contributed by atoms with E-state index in [0.717, 1.165) is 13.0 Å². The van der Waals surface area contributed by atoms with Gasteiger partial charge in [-0.2, -0.15) is 0 Å². The first-order valence-corrected chi connectivity index (χ1v) is 6.65. The molecule has 0 radical (unpaired) electrons. The molecule has 0 atom stereocenters. The normalized spacial score (nSPS) is 22.5. The van der Waals surface area contributed by atoms with E-state index in [4.69, 9.17) is 0 Å². The van der Waals surface area contributed by atoms with Crippen LogP contribution in [0.15, 0.2) is 36.0 Å². The molecule has 2 aliphatic heterocycles. The van der Waals surface area contributed by atoms with Crippen molar-refractivity contribution in [3.63, 3.8) is 0 Å². The molecule has 1 nitrogen and oxygen atoms in total. The second-order valence-electron chi connectivity index (χ2n) is 5.17. The Kier molecular flexibility index (Phi) is 4.13. The van der Waals surface area contributed by atoms with Gasteiger partial charge in [0.15, 0.2) is 5.54 Å². The first kappa shape index (κ1) is 14.0. The topological polar surface area (TPSA) is 3.01 Å². The third-order valence-corrected chi connectivity index (χ3v) is 3.49.